The van der Waals surface area contributed by atoms with E-state index in [4.69, 9.17) is 0 Å². The number of amides is 1. The SMILES string of the molecule is CCN(CC)CCCNS(=O)(=O)c1ccc2c(c1)CCCC(=O)N2. The van der Waals surface area contributed by atoms with E-state index in [1.54, 1.807) is 18.2 Å². The molecule has 0 saturated heterocycles. The fourth-order valence-electron chi connectivity index (χ4n) is 2.85. The molecule has 1 heterocycles. The number of anilines is 1. The second-order valence-electron chi connectivity index (χ2n) is 6.00. The molecule has 2 rings (SSSR count). The lowest BCUT2D eigenvalue weighted by Crippen LogP contribution is -2.30. The standard InChI is InChI=1S/C17H27N3O3S/c1-3-20(4-2)12-6-11-18-24(22,23)15-9-10-16-14(13-15)7-5-8-17(21)19-16/h9-10,13,18H,3-8,11-12H2,1-2H3,(H,19,21). The van der Waals surface area contributed by atoms with Crippen LogP contribution in [0.1, 0.15) is 38.7 Å². The maximum Gasteiger partial charge on any atom is 0.240 e. The van der Waals surface area contributed by atoms with Gasteiger partial charge in [-0.25, -0.2) is 13.1 Å². The average Bonchev–Trinajstić information content (AvgIpc) is 2.74. The summed E-state index contributed by atoms with van der Waals surface area (Å²) in [6.45, 7) is 7.45. The molecular formula is C17H27N3O3S. The van der Waals surface area contributed by atoms with Gasteiger partial charge in [0.15, 0.2) is 0 Å². The van der Waals surface area contributed by atoms with Crippen molar-refractivity contribution in [1.29, 1.82) is 0 Å². The highest BCUT2D eigenvalue weighted by molar-refractivity contribution is 7.89. The summed E-state index contributed by atoms with van der Waals surface area (Å²) in [6, 6.07) is 4.91. The number of carbonyl (C=O) groups is 1. The summed E-state index contributed by atoms with van der Waals surface area (Å²) in [5.74, 6) is -0.0149. The minimum atomic E-state index is -3.51. The molecule has 6 nitrogen and oxygen atoms in total. The minimum absolute atomic E-state index is 0.0149. The summed E-state index contributed by atoms with van der Waals surface area (Å²) in [5, 5.41) is 2.82. The summed E-state index contributed by atoms with van der Waals surface area (Å²) in [6.07, 6.45) is 2.70. The third-order valence-electron chi connectivity index (χ3n) is 4.35. The first kappa shape index (κ1) is 18.9. The lowest BCUT2D eigenvalue weighted by atomic mass is 10.1. The van der Waals surface area contributed by atoms with Crippen molar-refractivity contribution >= 4 is 21.6 Å². The highest BCUT2D eigenvalue weighted by Crippen LogP contribution is 2.25. The van der Waals surface area contributed by atoms with Crippen molar-refractivity contribution in [2.24, 2.45) is 0 Å². The molecule has 134 valence electrons. The van der Waals surface area contributed by atoms with Crippen LogP contribution in [0.2, 0.25) is 0 Å². The third-order valence-corrected chi connectivity index (χ3v) is 5.81. The fraction of sp³-hybridized carbons (Fsp3) is 0.588. The zero-order valence-corrected chi connectivity index (χ0v) is 15.3. The average molecular weight is 353 g/mol. The number of carbonyl (C=O) groups excluding carboxylic acids is 1. The lowest BCUT2D eigenvalue weighted by molar-refractivity contribution is -0.116. The molecule has 0 spiro atoms. The normalized spacial score (nSPS) is 15.0. The van der Waals surface area contributed by atoms with Crippen LogP contribution in [0.25, 0.3) is 0 Å². The van der Waals surface area contributed by atoms with Gasteiger partial charge in [0.25, 0.3) is 0 Å². The number of sulfonamides is 1. The monoisotopic (exact) mass is 353 g/mol. The number of benzene rings is 1. The second-order valence-corrected chi connectivity index (χ2v) is 7.77. The van der Waals surface area contributed by atoms with Crippen LogP contribution < -0.4 is 10.0 Å². The van der Waals surface area contributed by atoms with Crippen LogP contribution >= 0.6 is 0 Å². The second kappa shape index (κ2) is 8.60. The van der Waals surface area contributed by atoms with Crippen LogP contribution in [-0.4, -0.2) is 45.4 Å². The Balaban J connectivity index is 1.99. The third kappa shape index (κ3) is 5.03. The van der Waals surface area contributed by atoms with Gasteiger partial charge in [0.2, 0.25) is 15.9 Å². The predicted molar refractivity (Wildman–Crippen MR) is 95.6 cm³/mol. The molecule has 2 N–H and O–H groups in total. The van der Waals surface area contributed by atoms with Crippen LogP contribution in [0.15, 0.2) is 23.1 Å². The summed E-state index contributed by atoms with van der Waals surface area (Å²) in [7, 11) is -3.51. The number of rotatable bonds is 8. The van der Waals surface area contributed by atoms with Gasteiger partial charge in [-0.3, -0.25) is 4.79 Å². The van der Waals surface area contributed by atoms with E-state index in [-0.39, 0.29) is 10.8 Å². The Morgan fingerprint density at radius 1 is 1.21 bits per heavy atom. The maximum atomic E-state index is 12.4. The quantitative estimate of drug-likeness (QED) is 0.701. The molecule has 1 aromatic carbocycles. The molecule has 1 aliphatic heterocycles. The molecule has 0 fully saturated rings. The van der Waals surface area contributed by atoms with Gasteiger partial charge in [0.05, 0.1) is 4.90 Å². The van der Waals surface area contributed by atoms with Gasteiger partial charge in [-0.05, 0) is 62.7 Å². The van der Waals surface area contributed by atoms with E-state index in [1.165, 1.54) is 0 Å². The Morgan fingerprint density at radius 2 is 1.96 bits per heavy atom. The first-order valence-corrected chi connectivity index (χ1v) is 10.1. The van der Waals surface area contributed by atoms with Gasteiger partial charge in [-0.15, -0.1) is 0 Å². The molecule has 0 bridgehead atoms. The smallest absolute Gasteiger partial charge is 0.240 e. The van der Waals surface area contributed by atoms with Gasteiger partial charge >= 0.3 is 0 Å². The predicted octanol–water partition coefficient (Wildman–Crippen LogP) is 1.97. The highest BCUT2D eigenvalue weighted by atomic mass is 32.2. The highest BCUT2D eigenvalue weighted by Gasteiger charge is 2.18. The maximum absolute atomic E-state index is 12.4. The molecule has 1 amide bonds. The van der Waals surface area contributed by atoms with Crippen molar-refractivity contribution in [3.63, 3.8) is 0 Å². The Labute approximate surface area is 144 Å². The number of hydrogen-bond acceptors (Lipinski definition) is 4. The number of hydrogen-bond donors (Lipinski definition) is 2. The zero-order valence-electron chi connectivity index (χ0n) is 14.5. The summed E-state index contributed by atoms with van der Waals surface area (Å²) >= 11 is 0. The largest absolute Gasteiger partial charge is 0.326 e. The molecule has 0 radical (unpaired) electrons. The van der Waals surface area contributed by atoms with E-state index in [2.05, 4.69) is 28.8 Å². The van der Waals surface area contributed by atoms with E-state index in [9.17, 15) is 13.2 Å². The summed E-state index contributed by atoms with van der Waals surface area (Å²) in [4.78, 5) is 14.1. The Hall–Kier alpha value is -1.44. The molecule has 1 aliphatic rings. The van der Waals surface area contributed by atoms with Gasteiger partial charge in [-0.1, -0.05) is 13.8 Å². The number of fused-ring (bicyclic) bond motifs is 1. The lowest BCUT2D eigenvalue weighted by Gasteiger charge is -2.17. The number of nitrogens with one attached hydrogen (secondary N) is 2. The van der Waals surface area contributed by atoms with E-state index >= 15 is 0 Å². The van der Waals surface area contributed by atoms with Gasteiger partial charge < -0.3 is 10.2 Å². The molecule has 0 aromatic heterocycles. The molecule has 7 heteroatoms. The van der Waals surface area contributed by atoms with E-state index in [0.717, 1.165) is 43.7 Å². The first-order chi connectivity index (χ1) is 11.5. The van der Waals surface area contributed by atoms with Crippen LogP contribution in [0.3, 0.4) is 0 Å². The molecule has 0 saturated carbocycles. The Kier molecular flexibility index (Phi) is 6.77. The minimum Gasteiger partial charge on any atom is -0.326 e. The number of nitrogens with zero attached hydrogens (tertiary/aromatic N) is 1. The molecule has 0 unspecified atom stereocenters. The van der Waals surface area contributed by atoms with Crippen LogP contribution in [0.4, 0.5) is 5.69 Å². The molecular weight excluding hydrogens is 326 g/mol. The van der Waals surface area contributed by atoms with Gasteiger partial charge in [0, 0.05) is 18.7 Å². The van der Waals surface area contributed by atoms with Crippen molar-refractivity contribution in [2.75, 3.05) is 31.5 Å². The van der Waals surface area contributed by atoms with Crippen molar-refractivity contribution in [2.45, 2.75) is 44.4 Å². The Morgan fingerprint density at radius 3 is 2.67 bits per heavy atom. The first-order valence-electron chi connectivity index (χ1n) is 8.61. The van der Waals surface area contributed by atoms with Crippen molar-refractivity contribution in [3.8, 4) is 0 Å². The van der Waals surface area contributed by atoms with Crippen LogP contribution in [-0.2, 0) is 21.2 Å². The van der Waals surface area contributed by atoms with Crippen LogP contribution in [0.5, 0.6) is 0 Å². The molecule has 1 aromatic rings. The molecule has 0 aliphatic carbocycles. The topological polar surface area (TPSA) is 78.5 Å². The summed E-state index contributed by atoms with van der Waals surface area (Å²) in [5.41, 5.74) is 1.60. The van der Waals surface area contributed by atoms with Gasteiger partial charge in [0.1, 0.15) is 0 Å². The van der Waals surface area contributed by atoms with E-state index in [1.807, 2.05) is 0 Å². The fourth-order valence-corrected chi connectivity index (χ4v) is 3.97. The van der Waals surface area contributed by atoms with Crippen molar-refractivity contribution in [3.05, 3.63) is 23.8 Å². The number of aryl methyl sites for hydroxylation is 1. The van der Waals surface area contributed by atoms with Crippen molar-refractivity contribution < 1.29 is 13.2 Å². The zero-order chi connectivity index (χ0) is 17.6. The van der Waals surface area contributed by atoms with E-state index < -0.39 is 10.0 Å². The summed E-state index contributed by atoms with van der Waals surface area (Å²) < 4.78 is 27.5. The van der Waals surface area contributed by atoms with Crippen molar-refractivity contribution in [1.82, 2.24) is 9.62 Å². The van der Waals surface area contributed by atoms with Gasteiger partial charge in [-0.2, -0.15) is 0 Å². The Bertz CT molecular complexity index is 670. The van der Waals surface area contributed by atoms with E-state index in [0.29, 0.717) is 19.4 Å². The molecule has 0 atom stereocenters. The molecule has 24 heavy (non-hydrogen) atoms. The van der Waals surface area contributed by atoms with Crippen LogP contribution in [0, 0.1) is 0 Å².